The van der Waals surface area contributed by atoms with Crippen LogP contribution in [0.4, 0.5) is 0 Å². The van der Waals surface area contributed by atoms with Crippen molar-refractivity contribution in [2.45, 2.75) is 44.6 Å². The molecule has 0 bridgehead atoms. The highest BCUT2D eigenvalue weighted by molar-refractivity contribution is 9.10. The largest absolute Gasteiger partial charge is 0.312 e. The van der Waals surface area contributed by atoms with Crippen molar-refractivity contribution in [2.24, 2.45) is 13.0 Å². The lowest BCUT2D eigenvalue weighted by Crippen LogP contribution is -2.23. The summed E-state index contributed by atoms with van der Waals surface area (Å²) < 4.78 is 2.74. The van der Waals surface area contributed by atoms with Crippen LogP contribution in [0.15, 0.2) is 4.60 Å². The molecule has 1 heterocycles. The van der Waals surface area contributed by atoms with Crippen LogP contribution in [0.3, 0.4) is 0 Å². The van der Waals surface area contributed by atoms with Gasteiger partial charge in [0.15, 0.2) is 4.60 Å². The van der Waals surface area contributed by atoms with Crippen LogP contribution in [0.2, 0.25) is 0 Å². The number of nitrogens with zero attached hydrogens (tertiary/aromatic N) is 3. The van der Waals surface area contributed by atoms with Gasteiger partial charge in [-0.1, -0.05) is 37.3 Å². The van der Waals surface area contributed by atoms with Crippen LogP contribution in [0.25, 0.3) is 0 Å². The molecule has 1 saturated carbocycles. The van der Waals surface area contributed by atoms with Crippen molar-refractivity contribution in [1.82, 2.24) is 20.3 Å². The first-order chi connectivity index (χ1) is 8.22. The molecular weight excluding hydrogens is 280 g/mol. The Bertz CT molecular complexity index is 338. The van der Waals surface area contributed by atoms with E-state index in [1.807, 2.05) is 18.8 Å². The lowest BCUT2D eigenvalue weighted by molar-refractivity contribution is 0.300. The van der Waals surface area contributed by atoms with Gasteiger partial charge in [-0.15, -0.1) is 5.10 Å². The van der Waals surface area contributed by atoms with Gasteiger partial charge in [0.05, 0.1) is 11.7 Å². The lowest BCUT2D eigenvalue weighted by atomic mass is 9.84. The van der Waals surface area contributed by atoms with Gasteiger partial charge in [0.25, 0.3) is 0 Å². The summed E-state index contributed by atoms with van der Waals surface area (Å²) in [6.07, 6.45) is 8.15. The molecule has 1 aliphatic carbocycles. The van der Waals surface area contributed by atoms with E-state index in [0.29, 0.717) is 6.04 Å². The van der Waals surface area contributed by atoms with Gasteiger partial charge in [-0.25, -0.2) is 4.68 Å². The molecule has 17 heavy (non-hydrogen) atoms. The normalized spacial score (nSPS) is 19.5. The minimum absolute atomic E-state index is 0.354. The lowest BCUT2D eigenvalue weighted by Gasteiger charge is -2.26. The zero-order chi connectivity index (χ0) is 12.3. The summed E-state index contributed by atoms with van der Waals surface area (Å²) in [4.78, 5) is 0. The molecule has 2 rings (SSSR count). The molecule has 1 aliphatic rings. The molecule has 4 nitrogen and oxygen atoms in total. The van der Waals surface area contributed by atoms with Crippen LogP contribution in [0.5, 0.6) is 0 Å². The second-order valence-electron chi connectivity index (χ2n) is 4.97. The number of hydrogen-bond donors (Lipinski definition) is 1. The van der Waals surface area contributed by atoms with Crippen LogP contribution < -0.4 is 5.32 Å². The average molecular weight is 301 g/mol. The molecule has 1 aromatic rings. The van der Waals surface area contributed by atoms with Crippen LogP contribution in [0.1, 0.15) is 50.3 Å². The second-order valence-corrected chi connectivity index (χ2v) is 5.72. The Balaban J connectivity index is 2.05. The standard InChI is InChI=1S/C12H21BrN4/c1-14-10(8-9-6-4-3-5-7-9)11-12(13)15-16-17(11)2/h9-10,14H,3-8H2,1-2H3. The van der Waals surface area contributed by atoms with E-state index in [0.717, 1.165) is 16.2 Å². The van der Waals surface area contributed by atoms with Gasteiger partial charge >= 0.3 is 0 Å². The summed E-state index contributed by atoms with van der Waals surface area (Å²) in [7, 11) is 3.98. The van der Waals surface area contributed by atoms with E-state index in [-0.39, 0.29) is 0 Å². The summed E-state index contributed by atoms with van der Waals surface area (Å²) >= 11 is 3.49. The smallest absolute Gasteiger partial charge is 0.153 e. The predicted molar refractivity (Wildman–Crippen MR) is 71.7 cm³/mol. The third kappa shape index (κ3) is 3.07. The molecule has 1 N–H and O–H groups in total. The Morgan fingerprint density at radius 1 is 1.41 bits per heavy atom. The minimum Gasteiger partial charge on any atom is -0.312 e. The molecule has 96 valence electrons. The van der Waals surface area contributed by atoms with E-state index < -0.39 is 0 Å². The Morgan fingerprint density at radius 2 is 2.12 bits per heavy atom. The molecule has 0 spiro atoms. The fourth-order valence-corrected chi connectivity index (χ4v) is 3.43. The first-order valence-electron chi connectivity index (χ1n) is 6.44. The first-order valence-corrected chi connectivity index (χ1v) is 7.24. The van der Waals surface area contributed by atoms with Gasteiger partial charge in [0.2, 0.25) is 0 Å². The summed E-state index contributed by atoms with van der Waals surface area (Å²) in [5.41, 5.74) is 1.16. The number of rotatable bonds is 4. The third-order valence-corrected chi connectivity index (χ3v) is 4.36. The monoisotopic (exact) mass is 300 g/mol. The highest BCUT2D eigenvalue weighted by atomic mass is 79.9. The summed E-state index contributed by atoms with van der Waals surface area (Å²) in [5, 5.41) is 11.5. The zero-order valence-corrected chi connectivity index (χ0v) is 12.2. The SMILES string of the molecule is CNC(CC1CCCCC1)c1c(Br)nnn1C. The Kier molecular flexibility index (Phi) is 4.56. The van der Waals surface area contributed by atoms with Crippen molar-refractivity contribution < 1.29 is 0 Å². The van der Waals surface area contributed by atoms with Crippen molar-refractivity contribution in [3.05, 3.63) is 10.3 Å². The van der Waals surface area contributed by atoms with Gasteiger partial charge in [-0.2, -0.15) is 0 Å². The predicted octanol–water partition coefficient (Wildman–Crippen LogP) is 2.81. The Labute approximate surface area is 111 Å². The van der Waals surface area contributed by atoms with E-state index in [9.17, 15) is 0 Å². The molecule has 1 aromatic heterocycles. The second kappa shape index (κ2) is 5.96. The average Bonchev–Trinajstić information content (AvgIpc) is 2.68. The first kappa shape index (κ1) is 13.0. The van der Waals surface area contributed by atoms with Crippen molar-refractivity contribution in [3.8, 4) is 0 Å². The molecule has 0 aromatic carbocycles. The summed E-state index contributed by atoms with van der Waals surface area (Å²) in [6.45, 7) is 0. The quantitative estimate of drug-likeness (QED) is 0.930. The van der Waals surface area contributed by atoms with Gasteiger partial charge in [0.1, 0.15) is 0 Å². The highest BCUT2D eigenvalue weighted by Gasteiger charge is 2.23. The van der Waals surface area contributed by atoms with Crippen LogP contribution in [0, 0.1) is 5.92 Å². The Morgan fingerprint density at radius 3 is 2.65 bits per heavy atom. The molecule has 0 saturated heterocycles. The molecule has 1 atom stereocenters. The van der Waals surface area contributed by atoms with Crippen molar-refractivity contribution in [3.63, 3.8) is 0 Å². The molecule has 0 radical (unpaired) electrons. The van der Waals surface area contributed by atoms with Crippen LogP contribution >= 0.6 is 15.9 Å². The fraction of sp³-hybridized carbons (Fsp3) is 0.833. The molecular formula is C12H21BrN4. The number of halogens is 1. The number of aryl methyl sites for hydroxylation is 1. The molecule has 5 heteroatoms. The maximum absolute atomic E-state index is 4.07. The summed E-state index contributed by atoms with van der Waals surface area (Å²) in [5.74, 6) is 0.850. The van der Waals surface area contributed by atoms with Crippen molar-refractivity contribution in [1.29, 1.82) is 0 Å². The Hall–Kier alpha value is -0.420. The van der Waals surface area contributed by atoms with Crippen molar-refractivity contribution in [2.75, 3.05) is 7.05 Å². The number of aromatic nitrogens is 3. The fourth-order valence-electron chi connectivity index (χ4n) is 2.83. The number of hydrogen-bond acceptors (Lipinski definition) is 3. The van der Waals surface area contributed by atoms with Gasteiger partial charge in [0, 0.05) is 7.05 Å². The highest BCUT2D eigenvalue weighted by Crippen LogP contribution is 2.33. The van der Waals surface area contributed by atoms with E-state index in [1.54, 1.807) is 0 Å². The third-order valence-electron chi connectivity index (χ3n) is 3.80. The maximum Gasteiger partial charge on any atom is 0.153 e. The molecule has 1 fully saturated rings. The topological polar surface area (TPSA) is 42.7 Å². The van der Waals surface area contributed by atoms with Crippen LogP contribution in [-0.2, 0) is 7.05 Å². The maximum atomic E-state index is 4.07. The summed E-state index contributed by atoms with van der Waals surface area (Å²) in [6, 6.07) is 0.354. The molecule has 0 amide bonds. The molecule has 0 aliphatic heterocycles. The van der Waals surface area contributed by atoms with E-state index in [2.05, 4.69) is 31.6 Å². The van der Waals surface area contributed by atoms with Gasteiger partial charge in [-0.05, 0) is 35.3 Å². The van der Waals surface area contributed by atoms with Gasteiger partial charge in [-0.3, -0.25) is 0 Å². The van der Waals surface area contributed by atoms with E-state index in [4.69, 9.17) is 0 Å². The minimum atomic E-state index is 0.354. The zero-order valence-electron chi connectivity index (χ0n) is 10.6. The number of nitrogens with one attached hydrogen (secondary N) is 1. The van der Waals surface area contributed by atoms with Crippen LogP contribution in [-0.4, -0.2) is 22.0 Å². The van der Waals surface area contributed by atoms with E-state index in [1.165, 1.54) is 38.5 Å². The van der Waals surface area contributed by atoms with Gasteiger partial charge < -0.3 is 5.32 Å². The van der Waals surface area contributed by atoms with E-state index >= 15 is 0 Å². The molecule has 1 unspecified atom stereocenters. The van der Waals surface area contributed by atoms with Crippen molar-refractivity contribution >= 4 is 15.9 Å².